The molecule has 1 fully saturated rings. The molecule has 0 bridgehead atoms. The van der Waals surface area contributed by atoms with Crippen molar-refractivity contribution in [2.75, 3.05) is 18.5 Å². The van der Waals surface area contributed by atoms with Crippen LogP contribution in [0.15, 0.2) is 12.1 Å². The van der Waals surface area contributed by atoms with E-state index in [0.29, 0.717) is 11.7 Å². The summed E-state index contributed by atoms with van der Waals surface area (Å²) in [4.78, 5) is 16.4. The lowest BCUT2D eigenvalue weighted by Gasteiger charge is -2.21. The SMILES string of the molecule is CN(CC1CCCC1)c1cc([N+](=O)[O-])cc(Cl)n1. The molecule has 0 atom stereocenters. The maximum Gasteiger partial charge on any atom is 0.276 e. The second-order valence-electron chi connectivity index (χ2n) is 4.79. The van der Waals surface area contributed by atoms with Crippen molar-refractivity contribution in [3.8, 4) is 0 Å². The minimum absolute atomic E-state index is 0.0109. The number of rotatable bonds is 4. The van der Waals surface area contributed by atoms with E-state index in [1.165, 1.54) is 37.8 Å². The third-order valence-corrected chi connectivity index (χ3v) is 3.57. The fourth-order valence-corrected chi connectivity index (χ4v) is 2.64. The molecule has 0 N–H and O–H groups in total. The molecule has 1 saturated carbocycles. The van der Waals surface area contributed by atoms with Gasteiger partial charge in [0.25, 0.3) is 5.69 Å². The van der Waals surface area contributed by atoms with E-state index in [1.54, 1.807) is 0 Å². The van der Waals surface area contributed by atoms with Crippen molar-refractivity contribution in [2.45, 2.75) is 25.7 Å². The Hall–Kier alpha value is -1.36. The highest BCUT2D eigenvalue weighted by Crippen LogP contribution is 2.28. The van der Waals surface area contributed by atoms with Gasteiger partial charge < -0.3 is 4.90 Å². The molecule has 1 heterocycles. The van der Waals surface area contributed by atoms with Crippen LogP contribution in [-0.2, 0) is 0 Å². The lowest BCUT2D eigenvalue weighted by Crippen LogP contribution is -2.24. The first-order valence-corrected chi connectivity index (χ1v) is 6.47. The van der Waals surface area contributed by atoms with Crippen LogP contribution in [0.2, 0.25) is 5.15 Å². The topological polar surface area (TPSA) is 59.3 Å². The van der Waals surface area contributed by atoms with Crippen LogP contribution in [0.3, 0.4) is 0 Å². The Morgan fingerprint density at radius 2 is 2.17 bits per heavy atom. The number of pyridine rings is 1. The largest absolute Gasteiger partial charge is 0.359 e. The summed E-state index contributed by atoms with van der Waals surface area (Å²) in [6, 6.07) is 2.75. The average molecular weight is 270 g/mol. The van der Waals surface area contributed by atoms with E-state index in [0.717, 1.165) is 6.54 Å². The summed E-state index contributed by atoms with van der Waals surface area (Å²) in [7, 11) is 1.90. The van der Waals surface area contributed by atoms with Crippen molar-refractivity contribution in [1.82, 2.24) is 4.98 Å². The Labute approximate surface area is 111 Å². The fourth-order valence-electron chi connectivity index (χ4n) is 2.44. The zero-order chi connectivity index (χ0) is 13.1. The van der Waals surface area contributed by atoms with Gasteiger partial charge in [0.2, 0.25) is 0 Å². The number of halogens is 1. The van der Waals surface area contributed by atoms with E-state index in [2.05, 4.69) is 4.98 Å². The van der Waals surface area contributed by atoms with E-state index >= 15 is 0 Å². The van der Waals surface area contributed by atoms with Crippen LogP contribution >= 0.6 is 11.6 Å². The Morgan fingerprint density at radius 3 is 2.78 bits per heavy atom. The number of nitrogens with zero attached hydrogens (tertiary/aromatic N) is 3. The lowest BCUT2D eigenvalue weighted by atomic mass is 10.1. The van der Waals surface area contributed by atoms with Gasteiger partial charge in [-0.05, 0) is 18.8 Å². The summed E-state index contributed by atoms with van der Waals surface area (Å²) in [6.45, 7) is 0.879. The van der Waals surface area contributed by atoms with Crippen molar-refractivity contribution in [3.63, 3.8) is 0 Å². The van der Waals surface area contributed by atoms with Gasteiger partial charge in [-0.1, -0.05) is 24.4 Å². The zero-order valence-electron chi connectivity index (χ0n) is 10.3. The smallest absolute Gasteiger partial charge is 0.276 e. The maximum absolute atomic E-state index is 10.8. The molecular weight excluding hydrogens is 254 g/mol. The average Bonchev–Trinajstić information content (AvgIpc) is 2.80. The fraction of sp³-hybridized carbons (Fsp3) is 0.583. The molecule has 1 aliphatic rings. The second-order valence-corrected chi connectivity index (χ2v) is 5.18. The van der Waals surface area contributed by atoms with Crippen LogP contribution in [0.4, 0.5) is 11.5 Å². The summed E-state index contributed by atoms with van der Waals surface area (Å²) < 4.78 is 0. The van der Waals surface area contributed by atoms with Crippen LogP contribution < -0.4 is 4.90 Å². The monoisotopic (exact) mass is 269 g/mol. The van der Waals surface area contributed by atoms with E-state index in [9.17, 15) is 10.1 Å². The number of hydrogen-bond acceptors (Lipinski definition) is 4. The molecule has 0 unspecified atom stereocenters. The molecule has 98 valence electrons. The Bertz CT molecular complexity index is 447. The molecule has 5 nitrogen and oxygen atoms in total. The third-order valence-electron chi connectivity index (χ3n) is 3.37. The lowest BCUT2D eigenvalue weighted by molar-refractivity contribution is -0.384. The van der Waals surface area contributed by atoms with Gasteiger partial charge in [-0.25, -0.2) is 4.98 Å². The summed E-state index contributed by atoms with van der Waals surface area (Å²) in [5.41, 5.74) is -0.0109. The maximum atomic E-state index is 10.8. The predicted molar refractivity (Wildman–Crippen MR) is 71.1 cm³/mol. The van der Waals surface area contributed by atoms with Crippen molar-refractivity contribution in [1.29, 1.82) is 0 Å². The van der Waals surface area contributed by atoms with Gasteiger partial charge in [-0.3, -0.25) is 10.1 Å². The molecule has 0 aromatic carbocycles. The van der Waals surface area contributed by atoms with Gasteiger partial charge in [0, 0.05) is 13.6 Å². The van der Waals surface area contributed by atoms with Crippen molar-refractivity contribution in [2.24, 2.45) is 5.92 Å². The first kappa shape index (κ1) is 13.1. The van der Waals surface area contributed by atoms with Crippen LogP contribution in [0.5, 0.6) is 0 Å². The molecule has 0 aliphatic heterocycles. The molecule has 18 heavy (non-hydrogen) atoms. The van der Waals surface area contributed by atoms with Gasteiger partial charge in [-0.2, -0.15) is 0 Å². The number of anilines is 1. The third kappa shape index (κ3) is 3.10. The van der Waals surface area contributed by atoms with Crippen LogP contribution in [0, 0.1) is 16.0 Å². The molecule has 2 rings (SSSR count). The molecule has 0 amide bonds. The predicted octanol–water partition coefficient (Wildman–Crippen LogP) is 3.27. The summed E-state index contributed by atoms with van der Waals surface area (Å²) in [5.74, 6) is 1.23. The van der Waals surface area contributed by atoms with Gasteiger partial charge in [0.15, 0.2) is 0 Å². The molecule has 0 radical (unpaired) electrons. The second kappa shape index (κ2) is 5.52. The highest BCUT2D eigenvalue weighted by molar-refractivity contribution is 6.29. The molecule has 0 saturated heterocycles. The molecule has 1 aromatic rings. The standard InChI is InChI=1S/C12H16ClN3O2/c1-15(8-9-4-2-3-5-9)12-7-10(16(17)18)6-11(13)14-12/h6-7,9H,2-5,8H2,1H3. The molecule has 1 aromatic heterocycles. The van der Waals surface area contributed by atoms with Gasteiger partial charge >= 0.3 is 0 Å². The quantitative estimate of drug-likeness (QED) is 0.478. The highest BCUT2D eigenvalue weighted by Gasteiger charge is 2.19. The molecular formula is C12H16ClN3O2. The first-order chi connectivity index (χ1) is 8.56. The number of nitro groups is 1. The van der Waals surface area contributed by atoms with Gasteiger partial charge in [-0.15, -0.1) is 0 Å². The van der Waals surface area contributed by atoms with Crippen molar-refractivity contribution >= 4 is 23.1 Å². The first-order valence-electron chi connectivity index (χ1n) is 6.09. The Morgan fingerprint density at radius 1 is 1.50 bits per heavy atom. The Balaban J connectivity index is 2.13. The summed E-state index contributed by atoms with van der Waals surface area (Å²) in [6.07, 6.45) is 5.02. The Kier molecular flexibility index (Phi) is 4.01. The van der Waals surface area contributed by atoms with Crippen LogP contribution in [0.1, 0.15) is 25.7 Å². The highest BCUT2D eigenvalue weighted by atomic mass is 35.5. The molecule has 6 heteroatoms. The normalized spacial score (nSPS) is 15.9. The number of aromatic nitrogens is 1. The van der Waals surface area contributed by atoms with E-state index < -0.39 is 4.92 Å². The minimum Gasteiger partial charge on any atom is -0.359 e. The number of hydrogen-bond donors (Lipinski definition) is 0. The summed E-state index contributed by atoms with van der Waals surface area (Å²) >= 11 is 5.81. The minimum atomic E-state index is -0.444. The van der Waals surface area contributed by atoms with Gasteiger partial charge in [0.05, 0.1) is 17.1 Å². The van der Waals surface area contributed by atoms with E-state index in [4.69, 9.17) is 11.6 Å². The molecule has 0 spiro atoms. The summed E-state index contributed by atoms with van der Waals surface area (Å²) in [5, 5.41) is 10.9. The van der Waals surface area contributed by atoms with Crippen molar-refractivity contribution in [3.05, 3.63) is 27.4 Å². The molecule has 1 aliphatic carbocycles. The zero-order valence-corrected chi connectivity index (χ0v) is 11.1. The van der Waals surface area contributed by atoms with Crippen LogP contribution in [0.25, 0.3) is 0 Å². The van der Waals surface area contributed by atoms with E-state index in [-0.39, 0.29) is 10.8 Å². The van der Waals surface area contributed by atoms with E-state index in [1.807, 2.05) is 11.9 Å². The van der Waals surface area contributed by atoms with Gasteiger partial charge in [0.1, 0.15) is 11.0 Å². The van der Waals surface area contributed by atoms with Crippen LogP contribution in [-0.4, -0.2) is 23.5 Å². The van der Waals surface area contributed by atoms with Crippen molar-refractivity contribution < 1.29 is 4.92 Å².